The Labute approximate surface area is 117 Å². The Morgan fingerprint density at radius 3 is 2.75 bits per heavy atom. The zero-order valence-corrected chi connectivity index (χ0v) is 11.7. The standard InChI is InChI=1S/C13H19N3O4/c1-3-19-13(18)16-6-4-10(5-7-16)14-12(17)11-9(2)8-20-15-11/h8,10H,3-7H2,1-2H3,(H,14,17). The summed E-state index contributed by atoms with van der Waals surface area (Å²) in [5.74, 6) is -0.231. The van der Waals surface area contributed by atoms with Crippen molar-refractivity contribution < 1.29 is 18.8 Å². The Morgan fingerprint density at radius 2 is 2.20 bits per heavy atom. The minimum Gasteiger partial charge on any atom is -0.450 e. The van der Waals surface area contributed by atoms with Crippen LogP contribution in [0.3, 0.4) is 0 Å². The number of rotatable bonds is 3. The van der Waals surface area contributed by atoms with Crippen LogP contribution >= 0.6 is 0 Å². The summed E-state index contributed by atoms with van der Waals surface area (Å²) in [6.45, 7) is 5.10. The van der Waals surface area contributed by atoms with Crippen molar-refractivity contribution in [2.45, 2.75) is 32.7 Å². The molecule has 2 rings (SSSR count). The van der Waals surface area contributed by atoms with E-state index in [-0.39, 0.29) is 18.0 Å². The summed E-state index contributed by atoms with van der Waals surface area (Å²) in [4.78, 5) is 25.2. The highest BCUT2D eigenvalue weighted by Crippen LogP contribution is 2.13. The molecule has 20 heavy (non-hydrogen) atoms. The van der Waals surface area contributed by atoms with Crippen LogP contribution in [0.4, 0.5) is 4.79 Å². The summed E-state index contributed by atoms with van der Waals surface area (Å²) in [6, 6.07) is 0.0456. The van der Waals surface area contributed by atoms with Gasteiger partial charge >= 0.3 is 6.09 Å². The van der Waals surface area contributed by atoms with E-state index in [1.54, 1.807) is 18.7 Å². The summed E-state index contributed by atoms with van der Waals surface area (Å²) in [5, 5.41) is 6.59. The van der Waals surface area contributed by atoms with E-state index in [4.69, 9.17) is 9.26 Å². The number of hydrogen-bond acceptors (Lipinski definition) is 5. The maximum atomic E-state index is 12.0. The zero-order valence-electron chi connectivity index (χ0n) is 11.7. The lowest BCUT2D eigenvalue weighted by Gasteiger charge is -2.31. The van der Waals surface area contributed by atoms with Crippen molar-refractivity contribution in [3.05, 3.63) is 17.5 Å². The summed E-state index contributed by atoms with van der Waals surface area (Å²) < 4.78 is 9.70. The highest BCUT2D eigenvalue weighted by Gasteiger charge is 2.25. The van der Waals surface area contributed by atoms with E-state index < -0.39 is 0 Å². The molecule has 0 atom stereocenters. The third-order valence-corrected chi connectivity index (χ3v) is 3.32. The molecule has 0 unspecified atom stereocenters. The Kier molecular flexibility index (Phi) is 4.60. The number of likely N-dealkylation sites (tertiary alicyclic amines) is 1. The molecule has 110 valence electrons. The monoisotopic (exact) mass is 281 g/mol. The molecule has 0 aromatic carbocycles. The number of aromatic nitrogens is 1. The Bertz CT molecular complexity index is 478. The highest BCUT2D eigenvalue weighted by molar-refractivity contribution is 5.93. The number of aryl methyl sites for hydroxylation is 1. The van der Waals surface area contributed by atoms with Gasteiger partial charge in [-0.05, 0) is 26.7 Å². The second-order valence-corrected chi connectivity index (χ2v) is 4.78. The average Bonchev–Trinajstić information content (AvgIpc) is 2.86. The lowest BCUT2D eigenvalue weighted by Crippen LogP contribution is -2.46. The molecule has 1 fully saturated rings. The van der Waals surface area contributed by atoms with Gasteiger partial charge in [-0.2, -0.15) is 0 Å². The Hall–Kier alpha value is -2.05. The molecule has 1 N–H and O–H groups in total. The average molecular weight is 281 g/mol. The van der Waals surface area contributed by atoms with Crippen LogP contribution in [0.2, 0.25) is 0 Å². The second-order valence-electron chi connectivity index (χ2n) is 4.78. The number of nitrogens with zero attached hydrogens (tertiary/aromatic N) is 2. The smallest absolute Gasteiger partial charge is 0.409 e. The van der Waals surface area contributed by atoms with Crippen molar-refractivity contribution in [2.75, 3.05) is 19.7 Å². The van der Waals surface area contributed by atoms with Gasteiger partial charge in [0.05, 0.1) is 6.61 Å². The van der Waals surface area contributed by atoms with E-state index in [0.29, 0.717) is 43.8 Å². The first kappa shape index (κ1) is 14.4. The number of ether oxygens (including phenoxy) is 1. The van der Waals surface area contributed by atoms with E-state index in [9.17, 15) is 9.59 Å². The molecule has 2 amide bonds. The number of carbonyl (C=O) groups excluding carboxylic acids is 2. The molecule has 0 radical (unpaired) electrons. The van der Waals surface area contributed by atoms with Gasteiger partial charge in [0.2, 0.25) is 0 Å². The van der Waals surface area contributed by atoms with Crippen molar-refractivity contribution in [1.29, 1.82) is 0 Å². The first-order valence-corrected chi connectivity index (χ1v) is 6.75. The molecule has 7 heteroatoms. The highest BCUT2D eigenvalue weighted by atomic mass is 16.6. The van der Waals surface area contributed by atoms with Gasteiger partial charge in [0.15, 0.2) is 5.69 Å². The Balaban J connectivity index is 1.81. The van der Waals surface area contributed by atoms with E-state index in [0.717, 1.165) is 0 Å². The molecule has 1 aromatic rings. The van der Waals surface area contributed by atoms with Crippen LogP contribution in [0.5, 0.6) is 0 Å². The molecule has 0 spiro atoms. The van der Waals surface area contributed by atoms with Crippen LogP contribution in [0, 0.1) is 6.92 Å². The SMILES string of the molecule is CCOC(=O)N1CCC(NC(=O)c2nocc2C)CC1. The van der Waals surface area contributed by atoms with Crippen LogP contribution in [0.1, 0.15) is 35.8 Å². The molecule has 0 bridgehead atoms. The van der Waals surface area contributed by atoms with Crippen LogP contribution < -0.4 is 5.32 Å². The van der Waals surface area contributed by atoms with Crippen molar-refractivity contribution in [3.63, 3.8) is 0 Å². The van der Waals surface area contributed by atoms with Crippen molar-refractivity contribution >= 4 is 12.0 Å². The van der Waals surface area contributed by atoms with Crippen LogP contribution in [-0.2, 0) is 4.74 Å². The maximum absolute atomic E-state index is 12.0. The molecular weight excluding hydrogens is 262 g/mol. The van der Waals surface area contributed by atoms with Crippen LogP contribution in [0.15, 0.2) is 10.8 Å². The van der Waals surface area contributed by atoms with Gasteiger partial charge in [0, 0.05) is 24.7 Å². The van der Waals surface area contributed by atoms with Gasteiger partial charge in [-0.25, -0.2) is 4.79 Å². The fourth-order valence-electron chi connectivity index (χ4n) is 2.18. The van der Waals surface area contributed by atoms with E-state index in [2.05, 4.69) is 10.5 Å². The first-order valence-electron chi connectivity index (χ1n) is 6.75. The molecule has 1 saturated heterocycles. The maximum Gasteiger partial charge on any atom is 0.409 e. The largest absolute Gasteiger partial charge is 0.450 e. The number of nitrogens with one attached hydrogen (secondary N) is 1. The number of hydrogen-bond donors (Lipinski definition) is 1. The summed E-state index contributed by atoms with van der Waals surface area (Å²) in [5.41, 5.74) is 1.03. The third-order valence-electron chi connectivity index (χ3n) is 3.32. The van der Waals surface area contributed by atoms with Gasteiger partial charge in [0.25, 0.3) is 5.91 Å². The molecule has 7 nitrogen and oxygen atoms in total. The van der Waals surface area contributed by atoms with E-state index in [1.807, 2.05) is 0 Å². The fraction of sp³-hybridized carbons (Fsp3) is 0.615. The third kappa shape index (κ3) is 3.28. The van der Waals surface area contributed by atoms with Crippen molar-refractivity contribution in [2.24, 2.45) is 0 Å². The summed E-state index contributed by atoms with van der Waals surface area (Å²) >= 11 is 0. The molecular formula is C13H19N3O4. The van der Waals surface area contributed by atoms with Gasteiger partial charge in [-0.3, -0.25) is 4.79 Å². The number of carbonyl (C=O) groups is 2. The quantitative estimate of drug-likeness (QED) is 0.903. The normalized spacial score (nSPS) is 16.0. The van der Waals surface area contributed by atoms with Gasteiger partial charge in [0.1, 0.15) is 6.26 Å². The van der Waals surface area contributed by atoms with E-state index >= 15 is 0 Å². The van der Waals surface area contributed by atoms with Crippen molar-refractivity contribution in [3.8, 4) is 0 Å². The first-order chi connectivity index (χ1) is 9.61. The minimum absolute atomic E-state index is 0.0456. The van der Waals surface area contributed by atoms with Crippen molar-refractivity contribution in [1.82, 2.24) is 15.4 Å². The predicted molar refractivity (Wildman–Crippen MR) is 70.3 cm³/mol. The van der Waals surface area contributed by atoms with Gasteiger partial charge in [-0.1, -0.05) is 5.16 Å². The van der Waals surface area contributed by atoms with Gasteiger partial charge < -0.3 is 19.5 Å². The molecule has 0 aliphatic carbocycles. The topological polar surface area (TPSA) is 84.7 Å². The van der Waals surface area contributed by atoms with E-state index in [1.165, 1.54) is 6.26 Å². The summed E-state index contributed by atoms with van der Waals surface area (Å²) in [7, 11) is 0. The Morgan fingerprint density at radius 1 is 1.50 bits per heavy atom. The summed E-state index contributed by atoms with van der Waals surface area (Å²) in [6.07, 6.45) is 2.57. The number of amides is 2. The van der Waals surface area contributed by atoms with Crippen LogP contribution in [0.25, 0.3) is 0 Å². The predicted octanol–water partition coefficient (Wildman–Crippen LogP) is 1.33. The van der Waals surface area contributed by atoms with Gasteiger partial charge in [-0.15, -0.1) is 0 Å². The minimum atomic E-state index is -0.287. The lowest BCUT2D eigenvalue weighted by atomic mass is 10.1. The van der Waals surface area contributed by atoms with Crippen LogP contribution in [-0.4, -0.2) is 47.8 Å². The lowest BCUT2D eigenvalue weighted by molar-refractivity contribution is 0.0854. The molecule has 1 aliphatic rings. The second kappa shape index (κ2) is 6.40. The molecule has 1 aliphatic heterocycles. The zero-order chi connectivity index (χ0) is 14.5. The molecule has 1 aromatic heterocycles. The molecule has 2 heterocycles. The molecule has 0 saturated carbocycles. The fourth-order valence-corrected chi connectivity index (χ4v) is 2.18. The number of piperidine rings is 1.